The molecule has 0 aliphatic carbocycles. The number of ether oxygens (including phenoxy) is 2. The highest BCUT2D eigenvalue weighted by Crippen LogP contribution is 2.10. The van der Waals surface area contributed by atoms with E-state index in [2.05, 4.69) is 0 Å². The van der Waals surface area contributed by atoms with Crippen LogP contribution in [0.1, 0.15) is 12.5 Å². The standard InChI is InChI=1S/C16H21ClN2O4/c1-2-22-15(20)18-8-10-19(11-9-18)16(21)23-12-7-13-3-5-14(17)6-4-13/h3-6H,2,7-12H2,1H3. The van der Waals surface area contributed by atoms with E-state index >= 15 is 0 Å². The molecule has 0 N–H and O–H groups in total. The van der Waals surface area contributed by atoms with E-state index in [1.54, 1.807) is 16.7 Å². The molecule has 1 fully saturated rings. The fraction of sp³-hybridized carbons (Fsp3) is 0.500. The predicted octanol–water partition coefficient (Wildman–Crippen LogP) is 2.79. The van der Waals surface area contributed by atoms with Crippen molar-refractivity contribution in [3.63, 3.8) is 0 Å². The molecular formula is C16H21ClN2O4. The number of carbonyl (C=O) groups excluding carboxylic acids is 2. The number of benzene rings is 1. The van der Waals surface area contributed by atoms with Crippen molar-refractivity contribution in [1.82, 2.24) is 9.80 Å². The Kier molecular flexibility index (Phi) is 6.52. The zero-order valence-electron chi connectivity index (χ0n) is 13.2. The Bertz CT molecular complexity index is 527. The summed E-state index contributed by atoms with van der Waals surface area (Å²) in [6.45, 7) is 4.28. The van der Waals surface area contributed by atoms with Gasteiger partial charge in [-0.1, -0.05) is 23.7 Å². The maximum atomic E-state index is 12.0. The van der Waals surface area contributed by atoms with Crippen molar-refractivity contribution in [1.29, 1.82) is 0 Å². The van der Waals surface area contributed by atoms with E-state index < -0.39 is 0 Å². The van der Waals surface area contributed by atoms with E-state index in [-0.39, 0.29) is 12.2 Å². The molecule has 126 valence electrons. The highest BCUT2D eigenvalue weighted by molar-refractivity contribution is 6.30. The zero-order chi connectivity index (χ0) is 16.7. The maximum Gasteiger partial charge on any atom is 0.409 e. The number of amides is 2. The Labute approximate surface area is 140 Å². The van der Waals surface area contributed by atoms with Gasteiger partial charge >= 0.3 is 12.2 Å². The first-order valence-electron chi connectivity index (χ1n) is 7.68. The van der Waals surface area contributed by atoms with Crippen molar-refractivity contribution in [2.24, 2.45) is 0 Å². The molecule has 2 rings (SSSR count). The van der Waals surface area contributed by atoms with Gasteiger partial charge in [0.2, 0.25) is 0 Å². The summed E-state index contributed by atoms with van der Waals surface area (Å²) in [5, 5.41) is 0.685. The third-order valence-corrected chi connectivity index (χ3v) is 3.85. The number of nitrogens with zero attached hydrogens (tertiary/aromatic N) is 2. The number of halogens is 1. The second kappa shape index (κ2) is 8.62. The Balaban J connectivity index is 1.68. The highest BCUT2D eigenvalue weighted by atomic mass is 35.5. The first-order valence-corrected chi connectivity index (χ1v) is 8.05. The Morgan fingerprint density at radius 1 is 1.00 bits per heavy atom. The summed E-state index contributed by atoms with van der Waals surface area (Å²) in [6, 6.07) is 7.45. The van der Waals surface area contributed by atoms with Gasteiger partial charge in [0.1, 0.15) is 0 Å². The lowest BCUT2D eigenvalue weighted by molar-refractivity contribution is 0.0628. The Morgan fingerprint density at radius 2 is 1.52 bits per heavy atom. The third-order valence-electron chi connectivity index (χ3n) is 3.59. The van der Waals surface area contributed by atoms with Gasteiger partial charge in [0.25, 0.3) is 0 Å². The molecular weight excluding hydrogens is 320 g/mol. The van der Waals surface area contributed by atoms with Crippen LogP contribution in [0.15, 0.2) is 24.3 Å². The second-order valence-electron chi connectivity index (χ2n) is 5.16. The average Bonchev–Trinajstić information content (AvgIpc) is 2.57. The van der Waals surface area contributed by atoms with Crippen LogP contribution in [0.5, 0.6) is 0 Å². The molecule has 1 aromatic rings. The van der Waals surface area contributed by atoms with E-state index in [4.69, 9.17) is 21.1 Å². The van der Waals surface area contributed by atoms with Crippen LogP contribution in [-0.4, -0.2) is 61.4 Å². The summed E-state index contributed by atoms with van der Waals surface area (Å²) in [5.41, 5.74) is 1.06. The molecule has 2 amide bonds. The molecule has 1 saturated heterocycles. The van der Waals surface area contributed by atoms with Crippen LogP contribution in [0.3, 0.4) is 0 Å². The van der Waals surface area contributed by atoms with E-state index in [0.717, 1.165) is 5.56 Å². The van der Waals surface area contributed by atoms with Crippen molar-refractivity contribution < 1.29 is 19.1 Å². The van der Waals surface area contributed by atoms with Gasteiger partial charge in [-0.15, -0.1) is 0 Å². The average molecular weight is 341 g/mol. The second-order valence-corrected chi connectivity index (χ2v) is 5.60. The lowest BCUT2D eigenvalue weighted by Gasteiger charge is -2.33. The number of hydrogen-bond donors (Lipinski definition) is 0. The van der Waals surface area contributed by atoms with Crippen molar-refractivity contribution in [2.45, 2.75) is 13.3 Å². The maximum absolute atomic E-state index is 12.0. The van der Waals surface area contributed by atoms with E-state index in [0.29, 0.717) is 50.8 Å². The van der Waals surface area contributed by atoms with Crippen molar-refractivity contribution in [2.75, 3.05) is 39.4 Å². The smallest absolute Gasteiger partial charge is 0.409 e. The van der Waals surface area contributed by atoms with Gasteiger partial charge in [0.05, 0.1) is 13.2 Å². The minimum atomic E-state index is -0.345. The molecule has 1 aromatic carbocycles. The van der Waals surface area contributed by atoms with Crippen LogP contribution < -0.4 is 0 Å². The van der Waals surface area contributed by atoms with Crippen LogP contribution >= 0.6 is 11.6 Å². The summed E-state index contributed by atoms with van der Waals surface area (Å²) in [4.78, 5) is 26.8. The number of carbonyl (C=O) groups is 2. The molecule has 7 heteroatoms. The van der Waals surface area contributed by atoms with Gasteiger partial charge < -0.3 is 19.3 Å². The summed E-state index contributed by atoms with van der Waals surface area (Å²) in [5.74, 6) is 0. The molecule has 0 saturated carbocycles. The number of hydrogen-bond acceptors (Lipinski definition) is 4. The molecule has 0 radical (unpaired) electrons. The molecule has 0 atom stereocenters. The van der Waals surface area contributed by atoms with Crippen LogP contribution in [0.2, 0.25) is 5.02 Å². The SMILES string of the molecule is CCOC(=O)N1CCN(C(=O)OCCc2ccc(Cl)cc2)CC1. The van der Waals surface area contributed by atoms with Gasteiger partial charge in [-0.2, -0.15) is 0 Å². The van der Waals surface area contributed by atoms with Gasteiger partial charge in [-0.05, 0) is 24.6 Å². The van der Waals surface area contributed by atoms with Gasteiger partial charge in [-0.3, -0.25) is 0 Å². The number of rotatable bonds is 4. The molecule has 0 bridgehead atoms. The zero-order valence-corrected chi connectivity index (χ0v) is 13.9. The van der Waals surface area contributed by atoms with Gasteiger partial charge in [0.15, 0.2) is 0 Å². The molecule has 0 spiro atoms. The van der Waals surface area contributed by atoms with Crippen molar-refractivity contribution in [3.8, 4) is 0 Å². The molecule has 23 heavy (non-hydrogen) atoms. The number of piperazine rings is 1. The fourth-order valence-electron chi connectivity index (χ4n) is 2.28. The highest BCUT2D eigenvalue weighted by Gasteiger charge is 2.25. The van der Waals surface area contributed by atoms with E-state index in [9.17, 15) is 9.59 Å². The summed E-state index contributed by atoms with van der Waals surface area (Å²) in [6.07, 6.45) is -0.0307. The quantitative estimate of drug-likeness (QED) is 0.845. The first-order chi connectivity index (χ1) is 11.1. The molecule has 0 unspecified atom stereocenters. The van der Waals surface area contributed by atoms with E-state index in [1.807, 2.05) is 24.3 Å². The minimum Gasteiger partial charge on any atom is -0.450 e. The monoisotopic (exact) mass is 340 g/mol. The topological polar surface area (TPSA) is 59.1 Å². The summed E-state index contributed by atoms with van der Waals surface area (Å²) >= 11 is 5.82. The van der Waals surface area contributed by atoms with Gasteiger partial charge in [0, 0.05) is 37.6 Å². The van der Waals surface area contributed by atoms with Crippen LogP contribution in [0, 0.1) is 0 Å². The minimum absolute atomic E-state index is 0.318. The first kappa shape index (κ1) is 17.4. The lowest BCUT2D eigenvalue weighted by atomic mass is 10.2. The summed E-state index contributed by atoms with van der Waals surface area (Å²) in [7, 11) is 0. The van der Waals surface area contributed by atoms with Crippen LogP contribution in [0.4, 0.5) is 9.59 Å². The van der Waals surface area contributed by atoms with Crippen LogP contribution in [0.25, 0.3) is 0 Å². The normalized spacial score (nSPS) is 14.5. The molecule has 0 aromatic heterocycles. The van der Waals surface area contributed by atoms with Crippen LogP contribution in [-0.2, 0) is 15.9 Å². The molecule has 1 aliphatic rings. The molecule has 1 aliphatic heterocycles. The largest absolute Gasteiger partial charge is 0.450 e. The molecule has 1 heterocycles. The van der Waals surface area contributed by atoms with Gasteiger partial charge in [-0.25, -0.2) is 9.59 Å². The summed E-state index contributed by atoms with van der Waals surface area (Å²) < 4.78 is 10.2. The molecule has 6 nitrogen and oxygen atoms in total. The third kappa shape index (κ3) is 5.32. The lowest BCUT2D eigenvalue weighted by Crippen LogP contribution is -2.50. The predicted molar refractivity (Wildman–Crippen MR) is 86.7 cm³/mol. The van der Waals surface area contributed by atoms with Crippen molar-refractivity contribution >= 4 is 23.8 Å². The van der Waals surface area contributed by atoms with Crippen molar-refractivity contribution in [3.05, 3.63) is 34.9 Å². The Hall–Kier alpha value is -1.95. The fourth-order valence-corrected chi connectivity index (χ4v) is 2.41. The van der Waals surface area contributed by atoms with E-state index in [1.165, 1.54) is 0 Å². The Morgan fingerprint density at radius 3 is 2.04 bits per heavy atom.